The maximum atomic E-state index is 11.4. The number of benzene rings is 1. The second-order valence-corrected chi connectivity index (χ2v) is 5.26. The first kappa shape index (κ1) is 14.5. The topological polar surface area (TPSA) is 54.5 Å². The Bertz CT molecular complexity index is 655. The molecule has 5 heteroatoms. The first-order chi connectivity index (χ1) is 10.8. The summed E-state index contributed by atoms with van der Waals surface area (Å²) in [5, 5.41) is 3.43. The number of hydrogen-bond acceptors (Lipinski definition) is 5. The molecule has 0 fully saturated rings. The van der Waals surface area contributed by atoms with Gasteiger partial charge in [0.2, 0.25) is 0 Å². The molecule has 1 aliphatic rings. The molecular weight excluding hydrogens is 278 g/mol. The molecule has 0 saturated carbocycles. The molecule has 1 aromatic heterocycles. The van der Waals surface area contributed by atoms with E-state index in [2.05, 4.69) is 39.5 Å². The first-order valence-electron chi connectivity index (χ1n) is 7.35. The van der Waals surface area contributed by atoms with Gasteiger partial charge in [-0.1, -0.05) is 18.2 Å². The van der Waals surface area contributed by atoms with Crippen LogP contribution >= 0.6 is 0 Å². The van der Waals surface area contributed by atoms with Crippen LogP contribution in [0.5, 0.6) is 0 Å². The number of hydrogen-bond donors (Lipinski definition) is 1. The molecule has 1 N–H and O–H groups in total. The second-order valence-electron chi connectivity index (χ2n) is 5.26. The van der Waals surface area contributed by atoms with Gasteiger partial charge in [-0.2, -0.15) is 0 Å². The van der Waals surface area contributed by atoms with E-state index >= 15 is 0 Å². The number of methoxy groups -OCH3 is 1. The van der Waals surface area contributed by atoms with Crippen molar-refractivity contribution in [2.24, 2.45) is 0 Å². The third-order valence-corrected chi connectivity index (χ3v) is 3.80. The number of nitrogens with one attached hydrogen (secondary N) is 1. The highest BCUT2D eigenvalue weighted by atomic mass is 16.5. The lowest BCUT2D eigenvalue weighted by Crippen LogP contribution is -2.28. The van der Waals surface area contributed by atoms with Gasteiger partial charge >= 0.3 is 5.97 Å². The lowest BCUT2D eigenvalue weighted by molar-refractivity contribution is 0.0600. The summed E-state index contributed by atoms with van der Waals surface area (Å²) >= 11 is 0. The molecule has 0 bridgehead atoms. The number of rotatable bonds is 3. The Morgan fingerprint density at radius 2 is 2.18 bits per heavy atom. The summed E-state index contributed by atoms with van der Waals surface area (Å²) < 4.78 is 4.69. The summed E-state index contributed by atoms with van der Waals surface area (Å²) in [5.41, 5.74) is 3.95. The van der Waals surface area contributed by atoms with E-state index in [0.717, 1.165) is 31.9 Å². The Balaban J connectivity index is 1.79. The number of ether oxygens (including phenoxy) is 1. The van der Waals surface area contributed by atoms with E-state index in [9.17, 15) is 4.79 Å². The number of aromatic nitrogens is 1. The Hall–Kier alpha value is -2.40. The number of anilines is 1. The fourth-order valence-electron chi connectivity index (χ4n) is 2.64. The molecule has 114 valence electrons. The minimum absolute atomic E-state index is 0.358. The lowest BCUT2D eigenvalue weighted by Gasteiger charge is -2.24. The number of esters is 1. The fraction of sp³-hybridized carbons (Fsp3) is 0.294. The average Bonchev–Trinajstić information content (AvgIpc) is 2.77. The number of carbonyl (C=O) groups excluding carboxylic acids is 1. The van der Waals surface area contributed by atoms with Crippen molar-refractivity contribution in [3.05, 3.63) is 59.4 Å². The van der Waals surface area contributed by atoms with Crippen LogP contribution in [-0.4, -0.2) is 31.2 Å². The summed E-state index contributed by atoms with van der Waals surface area (Å²) in [6, 6.07) is 12.1. The van der Waals surface area contributed by atoms with Crippen LogP contribution in [0, 0.1) is 0 Å². The van der Waals surface area contributed by atoms with Crippen molar-refractivity contribution < 1.29 is 9.53 Å². The molecular formula is C17H19N3O2. The fourth-order valence-corrected chi connectivity index (χ4v) is 2.64. The quantitative estimate of drug-likeness (QED) is 0.878. The zero-order chi connectivity index (χ0) is 15.4. The van der Waals surface area contributed by atoms with Crippen molar-refractivity contribution in [3.63, 3.8) is 0 Å². The monoisotopic (exact) mass is 297 g/mol. The van der Waals surface area contributed by atoms with Crippen LogP contribution in [0.15, 0.2) is 42.6 Å². The SMILES string of the molecule is COC(=O)c1ccc(CN2CCNCc3ccccc32)nc1. The highest BCUT2D eigenvalue weighted by Gasteiger charge is 2.15. The van der Waals surface area contributed by atoms with Gasteiger partial charge in [-0.15, -0.1) is 0 Å². The van der Waals surface area contributed by atoms with Gasteiger partial charge in [0.15, 0.2) is 0 Å². The van der Waals surface area contributed by atoms with E-state index in [0.29, 0.717) is 5.56 Å². The normalized spacial score (nSPS) is 14.1. The summed E-state index contributed by atoms with van der Waals surface area (Å²) in [5.74, 6) is -0.358. The highest BCUT2D eigenvalue weighted by molar-refractivity contribution is 5.88. The number of para-hydroxylation sites is 1. The Kier molecular flexibility index (Phi) is 4.34. The molecule has 0 amide bonds. The smallest absolute Gasteiger partial charge is 0.339 e. The number of nitrogens with zero attached hydrogens (tertiary/aromatic N) is 2. The van der Waals surface area contributed by atoms with Gasteiger partial charge in [0.1, 0.15) is 0 Å². The van der Waals surface area contributed by atoms with Crippen LogP contribution in [0.25, 0.3) is 0 Å². The van der Waals surface area contributed by atoms with Gasteiger partial charge in [-0.25, -0.2) is 4.79 Å². The molecule has 2 heterocycles. The molecule has 0 saturated heterocycles. The van der Waals surface area contributed by atoms with Crippen molar-refractivity contribution in [2.45, 2.75) is 13.1 Å². The average molecular weight is 297 g/mol. The summed E-state index contributed by atoms with van der Waals surface area (Å²) in [7, 11) is 1.37. The van der Waals surface area contributed by atoms with Gasteiger partial charge in [-0.05, 0) is 23.8 Å². The van der Waals surface area contributed by atoms with Crippen LogP contribution < -0.4 is 10.2 Å². The Morgan fingerprint density at radius 1 is 1.32 bits per heavy atom. The predicted octanol–water partition coefficient (Wildman–Crippen LogP) is 1.98. The summed E-state index contributed by atoms with van der Waals surface area (Å²) in [4.78, 5) is 18.1. The molecule has 1 aromatic carbocycles. The minimum Gasteiger partial charge on any atom is -0.465 e. The minimum atomic E-state index is -0.358. The standard InChI is InChI=1S/C17H19N3O2/c1-22-17(21)14-6-7-15(19-11-14)12-20-9-8-18-10-13-4-2-3-5-16(13)20/h2-7,11,18H,8-10,12H2,1H3. The van der Waals surface area contributed by atoms with Crippen molar-refractivity contribution >= 4 is 11.7 Å². The van der Waals surface area contributed by atoms with Gasteiger partial charge in [-0.3, -0.25) is 4.98 Å². The molecule has 0 spiro atoms. The highest BCUT2D eigenvalue weighted by Crippen LogP contribution is 2.23. The molecule has 0 aliphatic carbocycles. The largest absolute Gasteiger partial charge is 0.465 e. The zero-order valence-electron chi connectivity index (χ0n) is 12.6. The number of fused-ring (bicyclic) bond motifs is 1. The lowest BCUT2D eigenvalue weighted by atomic mass is 10.1. The molecule has 2 aromatic rings. The van der Waals surface area contributed by atoms with E-state index in [-0.39, 0.29) is 5.97 Å². The van der Waals surface area contributed by atoms with Crippen molar-refractivity contribution in [3.8, 4) is 0 Å². The summed E-state index contributed by atoms with van der Waals surface area (Å²) in [6.45, 7) is 3.48. The van der Waals surface area contributed by atoms with E-state index < -0.39 is 0 Å². The van der Waals surface area contributed by atoms with E-state index in [4.69, 9.17) is 4.74 Å². The maximum absolute atomic E-state index is 11.4. The summed E-state index contributed by atoms with van der Waals surface area (Å²) in [6.07, 6.45) is 1.57. The van der Waals surface area contributed by atoms with E-state index in [1.54, 1.807) is 12.3 Å². The maximum Gasteiger partial charge on any atom is 0.339 e. The molecule has 22 heavy (non-hydrogen) atoms. The Morgan fingerprint density at radius 3 is 2.95 bits per heavy atom. The van der Waals surface area contributed by atoms with Gasteiger partial charge < -0.3 is 15.0 Å². The molecule has 1 aliphatic heterocycles. The second kappa shape index (κ2) is 6.58. The van der Waals surface area contributed by atoms with Crippen LogP contribution in [0.3, 0.4) is 0 Å². The third kappa shape index (κ3) is 3.09. The van der Waals surface area contributed by atoms with E-state index in [1.165, 1.54) is 18.4 Å². The van der Waals surface area contributed by atoms with Gasteiger partial charge in [0, 0.05) is 31.5 Å². The van der Waals surface area contributed by atoms with Crippen LogP contribution in [0.1, 0.15) is 21.6 Å². The van der Waals surface area contributed by atoms with Gasteiger partial charge in [0.25, 0.3) is 0 Å². The molecule has 5 nitrogen and oxygen atoms in total. The van der Waals surface area contributed by atoms with Crippen LogP contribution in [-0.2, 0) is 17.8 Å². The Labute approximate surface area is 129 Å². The van der Waals surface area contributed by atoms with Crippen LogP contribution in [0.4, 0.5) is 5.69 Å². The molecule has 0 unspecified atom stereocenters. The molecule has 3 rings (SSSR count). The molecule has 0 radical (unpaired) electrons. The van der Waals surface area contributed by atoms with Gasteiger partial charge in [0.05, 0.1) is 24.9 Å². The third-order valence-electron chi connectivity index (χ3n) is 3.80. The number of pyridine rings is 1. The van der Waals surface area contributed by atoms with Crippen LogP contribution in [0.2, 0.25) is 0 Å². The van der Waals surface area contributed by atoms with Crippen molar-refractivity contribution in [1.82, 2.24) is 10.3 Å². The predicted molar refractivity (Wildman–Crippen MR) is 84.8 cm³/mol. The van der Waals surface area contributed by atoms with Crippen molar-refractivity contribution in [2.75, 3.05) is 25.1 Å². The van der Waals surface area contributed by atoms with E-state index in [1.807, 2.05) is 6.07 Å². The number of carbonyl (C=O) groups is 1. The first-order valence-corrected chi connectivity index (χ1v) is 7.35. The zero-order valence-corrected chi connectivity index (χ0v) is 12.6. The molecule has 0 atom stereocenters. The van der Waals surface area contributed by atoms with Crippen molar-refractivity contribution in [1.29, 1.82) is 0 Å².